The molecule has 0 saturated carbocycles. The molecule has 0 aliphatic heterocycles. The van der Waals surface area contributed by atoms with Crippen LogP contribution in [-0.2, 0) is 5.41 Å². The van der Waals surface area contributed by atoms with Crippen LogP contribution in [0.1, 0.15) is 51.2 Å². The topological polar surface area (TPSA) is 75.9 Å². The monoisotopic (exact) mass is 477 g/mol. The van der Waals surface area contributed by atoms with Gasteiger partial charge in [0, 0.05) is 11.1 Å². The zero-order valence-corrected chi connectivity index (χ0v) is 19.5. The second kappa shape index (κ2) is 8.88. The molecule has 0 unspecified atom stereocenters. The Labute approximate surface area is 194 Å². The molecule has 1 aromatic carbocycles. The van der Waals surface area contributed by atoms with Gasteiger partial charge in [-0.3, -0.25) is 0 Å². The van der Waals surface area contributed by atoms with Crippen LogP contribution in [0, 0.1) is 6.92 Å². The average molecular weight is 478 g/mol. The fourth-order valence-electron chi connectivity index (χ4n) is 4.01. The van der Waals surface area contributed by atoms with E-state index in [1.807, 2.05) is 27.7 Å². The van der Waals surface area contributed by atoms with E-state index >= 15 is 0 Å². The van der Waals surface area contributed by atoms with Gasteiger partial charge in [0.05, 0.1) is 17.4 Å². The van der Waals surface area contributed by atoms with Crippen LogP contribution in [0.2, 0.25) is 0 Å². The van der Waals surface area contributed by atoms with E-state index in [0.717, 1.165) is 29.4 Å². The number of fused-ring (bicyclic) bond motifs is 1. The fourth-order valence-corrected chi connectivity index (χ4v) is 4.01. The highest BCUT2D eigenvalue weighted by atomic mass is 19.4. The van der Waals surface area contributed by atoms with Gasteiger partial charge in [0.1, 0.15) is 12.2 Å². The van der Waals surface area contributed by atoms with Gasteiger partial charge in [-0.1, -0.05) is 25.9 Å². The Morgan fingerprint density at radius 1 is 1.12 bits per heavy atom. The molecular weight excluding hydrogens is 450 g/mol. The number of pyridine rings is 1. The maximum absolute atomic E-state index is 13.6. The van der Waals surface area contributed by atoms with Crippen LogP contribution in [0.3, 0.4) is 0 Å². The predicted octanol–water partition coefficient (Wildman–Crippen LogP) is 6.68. The summed E-state index contributed by atoms with van der Waals surface area (Å²) in [5.41, 5.74) is 2.71. The van der Waals surface area contributed by atoms with Gasteiger partial charge in [-0.25, -0.2) is 9.37 Å². The van der Waals surface area contributed by atoms with Gasteiger partial charge in [0.15, 0.2) is 0 Å². The lowest BCUT2D eigenvalue weighted by Crippen LogP contribution is -2.22. The van der Waals surface area contributed by atoms with Gasteiger partial charge in [-0.2, -0.15) is 13.2 Å². The third-order valence-corrected chi connectivity index (χ3v) is 5.69. The van der Waals surface area contributed by atoms with Crippen molar-refractivity contribution in [2.75, 3.05) is 17.2 Å². The van der Waals surface area contributed by atoms with Crippen LogP contribution in [0.4, 0.5) is 29.3 Å². The van der Waals surface area contributed by atoms with Crippen molar-refractivity contribution < 1.29 is 22.0 Å². The highest BCUT2D eigenvalue weighted by Crippen LogP contribution is 2.35. The Bertz CT molecular complexity index is 1230. The number of aryl methyl sites for hydroxylation is 1. The summed E-state index contributed by atoms with van der Waals surface area (Å²) >= 11 is 0. The number of halogens is 4. The Morgan fingerprint density at radius 3 is 2.56 bits per heavy atom. The molecule has 0 radical (unpaired) electrons. The van der Waals surface area contributed by atoms with Gasteiger partial charge < -0.3 is 15.1 Å². The van der Waals surface area contributed by atoms with Crippen LogP contribution in [0.5, 0.6) is 0 Å². The number of allylic oxidation sites excluding steroid dienone is 1. The molecule has 1 aliphatic rings. The Kier molecular flexibility index (Phi) is 6.26. The van der Waals surface area contributed by atoms with E-state index in [4.69, 9.17) is 9.40 Å². The van der Waals surface area contributed by atoms with Crippen LogP contribution in [0.25, 0.3) is 22.5 Å². The summed E-state index contributed by atoms with van der Waals surface area (Å²) in [6, 6.07) is 5.10. The Balaban J connectivity index is 1.70. The molecule has 3 aromatic rings. The van der Waals surface area contributed by atoms with E-state index in [2.05, 4.69) is 20.8 Å². The molecule has 0 amide bonds. The van der Waals surface area contributed by atoms with Crippen molar-refractivity contribution in [3.8, 4) is 11.6 Å². The van der Waals surface area contributed by atoms with Gasteiger partial charge >= 0.3 is 12.2 Å². The normalized spacial score (nSPS) is 17.1. The summed E-state index contributed by atoms with van der Waals surface area (Å²) in [4.78, 5) is 4.75. The predicted molar refractivity (Wildman–Crippen MR) is 123 cm³/mol. The molecule has 2 heterocycles. The summed E-state index contributed by atoms with van der Waals surface area (Å²) < 4.78 is 57.6. The molecule has 10 heteroatoms. The maximum Gasteiger partial charge on any atom is 0.405 e. The number of aromatic nitrogens is 3. The highest BCUT2D eigenvalue weighted by Gasteiger charge is 2.28. The maximum atomic E-state index is 13.6. The number of hydrogen-bond acceptors (Lipinski definition) is 6. The van der Waals surface area contributed by atoms with Crippen LogP contribution < -0.4 is 10.6 Å². The zero-order valence-electron chi connectivity index (χ0n) is 19.5. The minimum absolute atomic E-state index is 0.158. The van der Waals surface area contributed by atoms with Gasteiger partial charge in [0.25, 0.3) is 5.89 Å². The highest BCUT2D eigenvalue weighted by molar-refractivity contribution is 5.90. The van der Waals surface area contributed by atoms with Crippen molar-refractivity contribution in [1.29, 1.82) is 0 Å². The van der Waals surface area contributed by atoms with Crippen molar-refractivity contribution >= 4 is 22.6 Å². The molecule has 2 N–H and O–H groups in total. The molecule has 1 atom stereocenters. The fraction of sp³-hybridized carbons (Fsp3) is 0.458. The second-order valence-corrected chi connectivity index (χ2v) is 9.63. The van der Waals surface area contributed by atoms with Crippen molar-refractivity contribution in [3.63, 3.8) is 0 Å². The Morgan fingerprint density at radius 2 is 1.88 bits per heavy atom. The van der Waals surface area contributed by atoms with Crippen molar-refractivity contribution in [1.82, 2.24) is 15.2 Å². The van der Waals surface area contributed by atoms with Crippen molar-refractivity contribution in [2.45, 2.75) is 64.6 Å². The first kappa shape index (κ1) is 24.0. The van der Waals surface area contributed by atoms with Crippen molar-refractivity contribution in [2.24, 2.45) is 0 Å². The molecule has 34 heavy (non-hydrogen) atoms. The lowest BCUT2D eigenvalue weighted by molar-refractivity contribution is -0.115. The number of nitrogens with one attached hydrogen (secondary N) is 2. The van der Waals surface area contributed by atoms with Gasteiger partial charge in [0.2, 0.25) is 0 Å². The molecule has 0 spiro atoms. The number of alkyl halides is 3. The summed E-state index contributed by atoms with van der Waals surface area (Å²) in [6.45, 7) is 6.67. The molecule has 0 saturated heterocycles. The van der Waals surface area contributed by atoms with Crippen molar-refractivity contribution in [3.05, 3.63) is 41.2 Å². The van der Waals surface area contributed by atoms with E-state index in [1.54, 1.807) is 18.2 Å². The molecule has 0 bridgehead atoms. The number of anilines is 2. The lowest BCUT2D eigenvalue weighted by atomic mass is 9.84. The Hall–Kier alpha value is -3.17. The lowest BCUT2D eigenvalue weighted by Gasteiger charge is -2.23. The van der Waals surface area contributed by atoms with Gasteiger partial charge in [-0.15, -0.1) is 5.10 Å². The molecular formula is C24H27F4N5O. The quantitative estimate of drug-likeness (QED) is 0.399. The minimum atomic E-state index is -4.32. The molecule has 0 fully saturated rings. The molecule has 2 aromatic heterocycles. The molecule has 1 aliphatic carbocycles. The number of benzene rings is 1. The van der Waals surface area contributed by atoms with E-state index in [0.29, 0.717) is 23.3 Å². The average Bonchev–Trinajstić information content (AvgIpc) is 3.19. The largest absolute Gasteiger partial charge is 0.405 e. The summed E-state index contributed by atoms with van der Waals surface area (Å²) in [5.74, 6) is 0.0426. The van der Waals surface area contributed by atoms with E-state index in [1.165, 1.54) is 6.08 Å². The van der Waals surface area contributed by atoms with Crippen LogP contribution in [-0.4, -0.2) is 33.9 Å². The second-order valence-electron chi connectivity index (χ2n) is 9.63. The first-order valence-electron chi connectivity index (χ1n) is 11.1. The number of nitrogens with zero attached hydrogens (tertiary/aromatic N) is 3. The zero-order chi connectivity index (χ0) is 24.7. The summed E-state index contributed by atoms with van der Waals surface area (Å²) in [6.07, 6.45) is -0.861. The number of rotatable bonds is 5. The first-order chi connectivity index (χ1) is 15.9. The molecule has 4 rings (SSSR count). The van der Waals surface area contributed by atoms with E-state index in [-0.39, 0.29) is 29.2 Å². The third-order valence-electron chi connectivity index (χ3n) is 5.69. The summed E-state index contributed by atoms with van der Waals surface area (Å²) in [5, 5.41) is 14.4. The molecule has 6 nitrogen and oxygen atoms in total. The first-order valence-corrected chi connectivity index (χ1v) is 11.1. The minimum Gasteiger partial charge on any atom is -0.402 e. The van der Waals surface area contributed by atoms with E-state index in [9.17, 15) is 17.6 Å². The van der Waals surface area contributed by atoms with Gasteiger partial charge in [-0.05, 0) is 67.0 Å². The molecule has 182 valence electrons. The smallest absolute Gasteiger partial charge is 0.402 e. The third kappa shape index (κ3) is 5.48. The van der Waals surface area contributed by atoms with Crippen LogP contribution >= 0.6 is 0 Å². The van der Waals surface area contributed by atoms with Crippen LogP contribution in [0.15, 0.2) is 34.5 Å². The van der Waals surface area contributed by atoms with E-state index < -0.39 is 12.7 Å². The summed E-state index contributed by atoms with van der Waals surface area (Å²) in [7, 11) is 0. The standard InChI is InChI=1S/C24H27F4N5O/c1-13-8-19(21-32-33-22(34-21)30-15-7-5-6-14(25)9-15)31-20-17(13)10-16(29-12-24(26,27)28)11-18(20)23(2,3)4/h8-11,15,29H,5-7,12H2,1-4H3,(H,30,33)/t15-/m0/s1. The SMILES string of the molecule is Cc1cc(-c2nnc(N[C@@H]3C=C(F)CCC3)o2)nc2c(C(C)(C)C)cc(NCC(F)(F)F)cc12. The number of hydrogen-bond donors (Lipinski definition) is 2.